The SMILES string of the molecule is CN(C)CC1CCN(c2nc(CN)cs2)CC1. The largest absolute Gasteiger partial charge is 0.348 e. The molecule has 0 amide bonds. The van der Waals surface area contributed by atoms with Crippen molar-refractivity contribution in [2.75, 3.05) is 38.6 Å². The fourth-order valence-electron chi connectivity index (χ4n) is 2.36. The van der Waals surface area contributed by atoms with Gasteiger partial charge in [0.25, 0.3) is 0 Å². The monoisotopic (exact) mass is 254 g/mol. The van der Waals surface area contributed by atoms with E-state index in [1.807, 2.05) is 0 Å². The van der Waals surface area contributed by atoms with Crippen LogP contribution in [0.2, 0.25) is 0 Å². The summed E-state index contributed by atoms with van der Waals surface area (Å²) in [6.07, 6.45) is 2.55. The summed E-state index contributed by atoms with van der Waals surface area (Å²) in [4.78, 5) is 9.23. The first-order valence-corrected chi connectivity index (χ1v) is 7.11. The molecule has 0 aliphatic carbocycles. The molecule has 1 aliphatic heterocycles. The van der Waals surface area contributed by atoms with Gasteiger partial charge in [0.1, 0.15) is 0 Å². The Balaban J connectivity index is 1.86. The third kappa shape index (κ3) is 3.40. The zero-order valence-electron chi connectivity index (χ0n) is 10.7. The molecule has 4 nitrogen and oxygen atoms in total. The molecular formula is C12H22N4S. The molecule has 2 rings (SSSR count). The van der Waals surface area contributed by atoms with Gasteiger partial charge in [-0.1, -0.05) is 0 Å². The number of anilines is 1. The Labute approximate surface area is 107 Å². The lowest BCUT2D eigenvalue weighted by Gasteiger charge is -2.32. The van der Waals surface area contributed by atoms with Crippen LogP contribution in [0.4, 0.5) is 5.13 Å². The van der Waals surface area contributed by atoms with Crippen LogP contribution in [0.15, 0.2) is 5.38 Å². The number of nitrogens with two attached hydrogens (primary N) is 1. The minimum absolute atomic E-state index is 0.549. The second kappa shape index (κ2) is 5.80. The number of aromatic nitrogens is 1. The highest BCUT2D eigenvalue weighted by Gasteiger charge is 2.21. The first-order valence-electron chi connectivity index (χ1n) is 6.23. The van der Waals surface area contributed by atoms with Crippen LogP contribution in [0.25, 0.3) is 0 Å². The van der Waals surface area contributed by atoms with Gasteiger partial charge in [-0.3, -0.25) is 0 Å². The summed E-state index contributed by atoms with van der Waals surface area (Å²) < 4.78 is 0. The van der Waals surface area contributed by atoms with Gasteiger partial charge >= 0.3 is 0 Å². The molecule has 1 saturated heterocycles. The minimum atomic E-state index is 0.549. The van der Waals surface area contributed by atoms with Crippen molar-refractivity contribution < 1.29 is 0 Å². The van der Waals surface area contributed by atoms with Crippen LogP contribution in [0.1, 0.15) is 18.5 Å². The van der Waals surface area contributed by atoms with Crippen molar-refractivity contribution in [2.45, 2.75) is 19.4 Å². The maximum absolute atomic E-state index is 5.59. The number of rotatable bonds is 4. The molecule has 0 spiro atoms. The normalized spacial score (nSPS) is 18.0. The highest BCUT2D eigenvalue weighted by atomic mass is 32.1. The van der Waals surface area contributed by atoms with Crippen LogP contribution in [0.5, 0.6) is 0 Å². The summed E-state index contributed by atoms with van der Waals surface area (Å²) in [7, 11) is 4.31. The smallest absolute Gasteiger partial charge is 0.185 e. The Morgan fingerprint density at radius 1 is 1.47 bits per heavy atom. The van der Waals surface area contributed by atoms with Crippen LogP contribution in [0, 0.1) is 5.92 Å². The van der Waals surface area contributed by atoms with Crippen LogP contribution in [0.3, 0.4) is 0 Å². The van der Waals surface area contributed by atoms with Crippen LogP contribution in [-0.4, -0.2) is 43.6 Å². The topological polar surface area (TPSA) is 45.4 Å². The Hall–Kier alpha value is -0.650. The molecule has 2 N–H and O–H groups in total. The molecule has 0 atom stereocenters. The maximum atomic E-state index is 5.59. The van der Waals surface area contributed by atoms with Crippen LogP contribution < -0.4 is 10.6 Å². The van der Waals surface area contributed by atoms with E-state index in [0.29, 0.717) is 6.54 Å². The van der Waals surface area contributed by atoms with E-state index in [0.717, 1.165) is 29.8 Å². The van der Waals surface area contributed by atoms with E-state index < -0.39 is 0 Å². The molecule has 0 radical (unpaired) electrons. The quantitative estimate of drug-likeness (QED) is 0.882. The van der Waals surface area contributed by atoms with Gasteiger partial charge in [-0.2, -0.15) is 0 Å². The molecule has 17 heavy (non-hydrogen) atoms. The number of hydrogen-bond donors (Lipinski definition) is 1. The predicted octanol–water partition coefficient (Wildman–Crippen LogP) is 1.38. The van der Waals surface area contributed by atoms with Crippen molar-refractivity contribution in [1.82, 2.24) is 9.88 Å². The van der Waals surface area contributed by atoms with Gasteiger partial charge in [0, 0.05) is 31.6 Å². The summed E-state index contributed by atoms with van der Waals surface area (Å²) >= 11 is 1.72. The second-order valence-corrected chi connectivity index (χ2v) is 5.85. The number of hydrogen-bond acceptors (Lipinski definition) is 5. The van der Waals surface area contributed by atoms with Crippen molar-refractivity contribution in [2.24, 2.45) is 11.7 Å². The Kier molecular flexibility index (Phi) is 4.36. The highest BCUT2D eigenvalue weighted by Crippen LogP contribution is 2.26. The molecule has 0 saturated carbocycles. The predicted molar refractivity (Wildman–Crippen MR) is 73.5 cm³/mol. The Bertz CT molecular complexity index is 342. The fraction of sp³-hybridized carbons (Fsp3) is 0.750. The van der Waals surface area contributed by atoms with Crippen molar-refractivity contribution in [3.05, 3.63) is 11.1 Å². The van der Waals surface area contributed by atoms with Gasteiger partial charge in [-0.15, -0.1) is 11.3 Å². The molecular weight excluding hydrogens is 232 g/mol. The van der Waals surface area contributed by atoms with E-state index in [2.05, 4.69) is 34.3 Å². The summed E-state index contributed by atoms with van der Waals surface area (Å²) in [6.45, 7) is 4.03. The Morgan fingerprint density at radius 2 is 2.18 bits per heavy atom. The average Bonchev–Trinajstić information content (AvgIpc) is 2.78. The van der Waals surface area contributed by atoms with E-state index >= 15 is 0 Å². The van der Waals surface area contributed by atoms with Crippen molar-refractivity contribution >= 4 is 16.5 Å². The van der Waals surface area contributed by atoms with E-state index in [1.54, 1.807) is 11.3 Å². The maximum Gasteiger partial charge on any atom is 0.185 e. The second-order valence-electron chi connectivity index (χ2n) is 5.02. The summed E-state index contributed by atoms with van der Waals surface area (Å²) in [5.41, 5.74) is 6.60. The molecule has 1 aromatic rings. The van der Waals surface area contributed by atoms with Crippen molar-refractivity contribution in [1.29, 1.82) is 0 Å². The third-order valence-electron chi connectivity index (χ3n) is 3.26. The average molecular weight is 254 g/mol. The number of thiazole rings is 1. The van der Waals surface area contributed by atoms with E-state index in [9.17, 15) is 0 Å². The first-order chi connectivity index (χ1) is 8.19. The molecule has 0 bridgehead atoms. The molecule has 1 fully saturated rings. The molecule has 1 aromatic heterocycles. The molecule has 5 heteroatoms. The summed E-state index contributed by atoms with van der Waals surface area (Å²) in [5.74, 6) is 0.843. The van der Waals surface area contributed by atoms with Gasteiger partial charge in [-0.25, -0.2) is 4.98 Å². The molecule has 0 unspecified atom stereocenters. The van der Waals surface area contributed by atoms with Crippen LogP contribution in [-0.2, 0) is 6.54 Å². The van der Waals surface area contributed by atoms with Gasteiger partial charge < -0.3 is 15.5 Å². The molecule has 1 aliphatic rings. The van der Waals surface area contributed by atoms with E-state index in [-0.39, 0.29) is 0 Å². The molecule has 2 heterocycles. The zero-order chi connectivity index (χ0) is 12.3. The van der Waals surface area contributed by atoms with Crippen LogP contribution >= 0.6 is 11.3 Å². The van der Waals surface area contributed by atoms with Gasteiger partial charge in [0.2, 0.25) is 0 Å². The Morgan fingerprint density at radius 3 is 2.71 bits per heavy atom. The van der Waals surface area contributed by atoms with E-state index in [1.165, 1.54) is 19.4 Å². The summed E-state index contributed by atoms with van der Waals surface area (Å²) in [6, 6.07) is 0. The van der Waals surface area contributed by atoms with Gasteiger partial charge in [0.15, 0.2) is 5.13 Å². The molecule has 0 aromatic carbocycles. The lowest BCUT2D eigenvalue weighted by Crippen LogP contribution is -2.37. The summed E-state index contributed by atoms with van der Waals surface area (Å²) in [5, 5.41) is 3.22. The highest BCUT2D eigenvalue weighted by molar-refractivity contribution is 7.13. The zero-order valence-corrected chi connectivity index (χ0v) is 11.5. The van der Waals surface area contributed by atoms with Gasteiger partial charge in [0.05, 0.1) is 5.69 Å². The number of nitrogens with zero attached hydrogens (tertiary/aromatic N) is 3. The lowest BCUT2D eigenvalue weighted by atomic mass is 9.97. The van der Waals surface area contributed by atoms with Gasteiger partial charge in [-0.05, 0) is 32.9 Å². The number of piperidine rings is 1. The lowest BCUT2D eigenvalue weighted by molar-refractivity contribution is 0.285. The van der Waals surface area contributed by atoms with Crippen molar-refractivity contribution in [3.8, 4) is 0 Å². The minimum Gasteiger partial charge on any atom is -0.348 e. The van der Waals surface area contributed by atoms with Crippen molar-refractivity contribution in [3.63, 3.8) is 0 Å². The first kappa shape index (κ1) is 12.8. The standard InChI is InChI=1S/C12H22N4S/c1-15(2)8-10-3-5-16(6-4-10)12-14-11(7-13)9-17-12/h9-10H,3-8,13H2,1-2H3. The van der Waals surface area contributed by atoms with E-state index in [4.69, 9.17) is 5.73 Å². The third-order valence-corrected chi connectivity index (χ3v) is 4.21. The fourth-order valence-corrected chi connectivity index (χ4v) is 3.25. The molecule has 96 valence electrons.